The van der Waals surface area contributed by atoms with Gasteiger partial charge in [-0.05, 0) is 41.3 Å². The zero-order valence-electron chi connectivity index (χ0n) is 17.2. The van der Waals surface area contributed by atoms with Gasteiger partial charge in [-0.3, -0.25) is 4.18 Å². The van der Waals surface area contributed by atoms with Crippen molar-refractivity contribution in [1.29, 1.82) is 0 Å². The van der Waals surface area contributed by atoms with Crippen LogP contribution >= 0.6 is 0 Å². The van der Waals surface area contributed by atoms with Crippen molar-refractivity contribution in [3.8, 4) is 0 Å². The molecule has 0 saturated heterocycles. The summed E-state index contributed by atoms with van der Waals surface area (Å²) in [5.41, 5.74) is 3.03. The van der Waals surface area contributed by atoms with Gasteiger partial charge in [-0.25, -0.2) is 0 Å². The van der Waals surface area contributed by atoms with Gasteiger partial charge in [-0.1, -0.05) is 65.8 Å². The summed E-state index contributed by atoms with van der Waals surface area (Å²) < 4.78 is 36.2. The fourth-order valence-corrected chi connectivity index (χ4v) is 10.1. The minimum Gasteiger partial charge on any atom is -0.412 e. The van der Waals surface area contributed by atoms with Crippen LogP contribution < -0.4 is 0 Å². The van der Waals surface area contributed by atoms with E-state index in [4.69, 9.17) is 8.61 Å². The van der Waals surface area contributed by atoms with Gasteiger partial charge in [0.05, 0.1) is 18.1 Å². The quantitative estimate of drug-likeness (QED) is 0.299. The molecule has 0 atom stereocenters. The third-order valence-corrected chi connectivity index (χ3v) is 12.3. The van der Waals surface area contributed by atoms with Crippen molar-refractivity contribution in [1.82, 2.24) is 0 Å². The fraction of sp³-hybridized carbons (Fsp3) is 0.600. The summed E-state index contributed by atoms with van der Waals surface area (Å²) in [4.78, 5) is 0.159. The largest absolute Gasteiger partial charge is 0.412 e. The van der Waals surface area contributed by atoms with Gasteiger partial charge in [-0.2, -0.15) is 8.42 Å². The molecule has 0 spiro atoms. The molecule has 1 aromatic rings. The summed E-state index contributed by atoms with van der Waals surface area (Å²) >= 11 is 0. The predicted octanol–water partition coefficient (Wildman–Crippen LogP) is 5.45. The Hall–Kier alpha value is -0.953. The monoisotopic (exact) mass is 398 g/mol. The van der Waals surface area contributed by atoms with Crippen LogP contribution in [0.5, 0.6) is 0 Å². The molecule has 0 bridgehead atoms. The highest BCUT2D eigenvalue weighted by Crippen LogP contribution is 2.42. The second-order valence-corrected chi connectivity index (χ2v) is 15.0. The molecule has 1 rings (SSSR count). The van der Waals surface area contributed by atoms with Gasteiger partial charge in [0.1, 0.15) is 0 Å². The van der Waals surface area contributed by atoms with Crippen molar-refractivity contribution in [2.24, 2.45) is 0 Å². The second-order valence-electron chi connectivity index (χ2n) is 7.89. The minimum atomic E-state index is -3.78. The molecule has 0 aliphatic heterocycles. The third-order valence-electron chi connectivity index (χ3n) is 4.96. The first-order chi connectivity index (χ1) is 11.9. The topological polar surface area (TPSA) is 52.6 Å². The van der Waals surface area contributed by atoms with Gasteiger partial charge in [0, 0.05) is 0 Å². The number of benzene rings is 1. The molecular formula is C20H34O4SSi. The normalized spacial score (nSPS) is 13.0. The van der Waals surface area contributed by atoms with Crippen molar-refractivity contribution >= 4 is 18.4 Å². The highest BCUT2D eigenvalue weighted by Gasteiger charge is 2.45. The first kappa shape index (κ1) is 23.1. The van der Waals surface area contributed by atoms with Crippen LogP contribution in [0.1, 0.15) is 47.1 Å². The first-order valence-corrected chi connectivity index (χ1v) is 12.7. The molecule has 0 aromatic heterocycles. The molecule has 0 radical (unpaired) electrons. The smallest absolute Gasteiger partial charge is 0.297 e. The molecular weight excluding hydrogens is 364 g/mol. The van der Waals surface area contributed by atoms with Gasteiger partial charge in [0.25, 0.3) is 10.1 Å². The highest BCUT2D eigenvalue weighted by molar-refractivity contribution is 7.86. The zero-order valence-corrected chi connectivity index (χ0v) is 19.0. The number of hydrogen-bond donors (Lipinski definition) is 0. The number of aryl methyl sites for hydroxylation is 1. The van der Waals surface area contributed by atoms with Crippen molar-refractivity contribution < 1.29 is 17.0 Å². The Morgan fingerprint density at radius 1 is 0.962 bits per heavy atom. The molecule has 148 valence electrons. The summed E-state index contributed by atoms with van der Waals surface area (Å²) in [6.07, 6.45) is 0. The van der Waals surface area contributed by atoms with E-state index in [0.29, 0.717) is 28.8 Å². The summed E-state index contributed by atoms with van der Waals surface area (Å²) in [5, 5.41) is 0. The summed E-state index contributed by atoms with van der Waals surface area (Å²) in [6.45, 7) is 19.4. The van der Waals surface area contributed by atoms with E-state index < -0.39 is 18.4 Å². The van der Waals surface area contributed by atoms with Crippen LogP contribution in [0.3, 0.4) is 0 Å². The summed E-state index contributed by atoms with van der Waals surface area (Å²) in [7, 11) is -5.78. The van der Waals surface area contributed by atoms with Gasteiger partial charge >= 0.3 is 0 Å². The van der Waals surface area contributed by atoms with Gasteiger partial charge < -0.3 is 4.43 Å². The molecule has 0 saturated carbocycles. The second kappa shape index (κ2) is 9.31. The maximum atomic E-state index is 12.3. The highest BCUT2D eigenvalue weighted by atomic mass is 32.2. The van der Waals surface area contributed by atoms with Gasteiger partial charge in [-0.15, -0.1) is 0 Å². The predicted molar refractivity (Wildman–Crippen MR) is 110 cm³/mol. The molecule has 0 aliphatic carbocycles. The molecule has 0 amide bonds. The lowest BCUT2D eigenvalue weighted by Crippen LogP contribution is -2.48. The molecule has 4 nitrogen and oxygen atoms in total. The number of hydrogen-bond acceptors (Lipinski definition) is 4. The van der Waals surface area contributed by atoms with Crippen LogP contribution in [0.4, 0.5) is 0 Å². The van der Waals surface area contributed by atoms with E-state index in [1.54, 1.807) is 24.3 Å². The lowest BCUT2D eigenvalue weighted by atomic mass is 10.2. The van der Waals surface area contributed by atoms with Crippen LogP contribution in [0.2, 0.25) is 16.6 Å². The van der Waals surface area contributed by atoms with Crippen molar-refractivity contribution in [2.75, 3.05) is 13.2 Å². The van der Waals surface area contributed by atoms with E-state index in [0.717, 1.165) is 5.56 Å². The molecule has 0 fully saturated rings. The average Bonchev–Trinajstić information content (AvgIpc) is 2.53. The Labute approximate surface area is 160 Å². The van der Waals surface area contributed by atoms with Gasteiger partial charge in [0.2, 0.25) is 8.32 Å². The van der Waals surface area contributed by atoms with E-state index in [1.807, 2.05) is 6.92 Å². The molecule has 0 unspecified atom stereocenters. The van der Waals surface area contributed by atoms with Crippen molar-refractivity contribution in [3.63, 3.8) is 0 Å². The molecule has 1 aromatic carbocycles. The Balaban J connectivity index is 2.73. The van der Waals surface area contributed by atoms with E-state index in [2.05, 4.69) is 48.1 Å². The average molecular weight is 399 g/mol. The third kappa shape index (κ3) is 5.52. The SMILES string of the molecule is C=C(CO[Si](C(C)C)(C(C)C)C(C)C)COS(=O)(=O)c1ccc(C)cc1. The van der Waals surface area contributed by atoms with E-state index in [9.17, 15) is 8.42 Å². The minimum absolute atomic E-state index is 0.0605. The van der Waals surface area contributed by atoms with E-state index in [1.165, 1.54) is 0 Å². The lowest BCUT2D eigenvalue weighted by Gasteiger charge is -2.42. The maximum Gasteiger partial charge on any atom is 0.297 e. The standard InChI is InChI=1S/C20H34O4SSi/c1-15(2)26(16(3)4,17(5)6)24-14-19(8)13-23-25(21,22)20-11-9-18(7)10-12-20/h9-12,15-17H,8,13-14H2,1-7H3. The van der Waals surface area contributed by atoms with Crippen LogP contribution in [-0.2, 0) is 18.7 Å². The zero-order chi connectivity index (χ0) is 20.1. The summed E-state index contributed by atoms with van der Waals surface area (Å²) in [5.74, 6) is 0. The first-order valence-electron chi connectivity index (χ1n) is 9.20. The summed E-state index contributed by atoms with van der Waals surface area (Å²) in [6, 6.07) is 6.61. The number of rotatable bonds is 10. The Kier molecular flexibility index (Phi) is 8.26. The van der Waals surface area contributed by atoms with Crippen LogP contribution in [-0.4, -0.2) is 29.9 Å². The Morgan fingerprint density at radius 2 is 1.42 bits per heavy atom. The van der Waals surface area contributed by atoms with Crippen LogP contribution in [0.15, 0.2) is 41.3 Å². The molecule has 6 heteroatoms. The molecule has 0 heterocycles. The molecule has 0 N–H and O–H groups in total. The van der Waals surface area contributed by atoms with E-state index in [-0.39, 0.29) is 11.5 Å². The Bertz CT molecular complexity index is 669. The van der Waals surface area contributed by atoms with E-state index >= 15 is 0 Å². The fourth-order valence-electron chi connectivity index (χ4n) is 3.70. The molecule has 26 heavy (non-hydrogen) atoms. The Morgan fingerprint density at radius 3 is 1.85 bits per heavy atom. The maximum absolute atomic E-state index is 12.3. The van der Waals surface area contributed by atoms with Crippen LogP contribution in [0.25, 0.3) is 0 Å². The van der Waals surface area contributed by atoms with Gasteiger partial charge in [0.15, 0.2) is 0 Å². The lowest BCUT2D eigenvalue weighted by molar-refractivity contribution is 0.279. The van der Waals surface area contributed by atoms with Crippen molar-refractivity contribution in [3.05, 3.63) is 42.0 Å². The molecule has 0 aliphatic rings. The van der Waals surface area contributed by atoms with Crippen LogP contribution in [0, 0.1) is 6.92 Å². The van der Waals surface area contributed by atoms with Crippen molar-refractivity contribution in [2.45, 2.75) is 70.0 Å².